The molecule has 1 atom stereocenters. The van der Waals surface area contributed by atoms with Crippen molar-refractivity contribution in [2.45, 2.75) is 13.0 Å². The summed E-state index contributed by atoms with van der Waals surface area (Å²) in [5, 5.41) is 11.6. The lowest BCUT2D eigenvalue weighted by atomic mass is 10.1. The van der Waals surface area contributed by atoms with Crippen LogP contribution in [-0.2, 0) is 4.79 Å². The molecule has 3 nitrogen and oxygen atoms in total. The highest BCUT2D eigenvalue weighted by atomic mass is 19.1. The number of aliphatic carboxylic acids is 1. The highest BCUT2D eigenvalue weighted by molar-refractivity contribution is 5.86. The second-order valence-corrected chi connectivity index (χ2v) is 3.57. The van der Waals surface area contributed by atoms with Crippen LogP contribution in [0.2, 0.25) is 0 Å². The summed E-state index contributed by atoms with van der Waals surface area (Å²) < 4.78 is 12.9. The van der Waals surface area contributed by atoms with Gasteiger partial charge in [0.2, 0.25) is 0 Å². The maximum atomic E-state index is 12.9. The Hall–Kier alpha value is -1.68. The summed E-state index contributed by atoms with van der Waals surface area (Å²) in [6.07, 6.45) is 0. The second kappa shape index (κ2) is 5.42. The van der Waals surface area contributed by atoms with Gasteiger partial charge in [0.15, 0.2) is 0 Å². The summed E-state index contributed by atoms with van der Waals surface area (Å²) >= 11 is 0. The first-order chi connectivity index (χ1) is 7.50. The maximum Gasteiger partial charge on any atom is 0.332 e. The molecule has 2 N–H and O–H groups in total. The SMILES string of the molecule is C=C(CN[C@H](C)c1cccc(F)c1)C(=O)O. The zero-order valence-corrected chi connectivity index (χ0v) is 9.03. The molecule has 0 aliphatic carbocycles. The second-order valence-electron chi connectivity index (χ2n) is 3.57. The molecule has 86 valence electrons. The minimum atomic E-state index is -1.03. The van der Waals surface area contributed by atoms with Crippen LogP contribution in [0.1, 0.15) is 18.5 Å². The summed E-state index contributed by atoms with van der Waals surface area (Å²) in [5.74, 6) is -1.33. The van der Waals surface area contributed by atoms with Crippen molar-refractivity contribution < 1.29 is 14.3 Å². The van der Waals surface area contributed by atoms with Crippen LogP contribution in [0.25, 0.3) is 0 Å². The van der Waals surface area contributed by atoms with E-state index < -0.39 is 5.97 Å². The fourth-order valence-corrected chi connectivity index (χ4v) is 1.25. The Morgan fingerprint density at radius 3 is 2.88 bits per heavy atom. The summed E-state index contributed by atoms with van der Waals surface area (Å²) in [6.45, 7) is 5.41. The molecule has 0 fully saturated rings. The molecule has 1 aromatic rings. The Labute approximate surface area is 93.6 Å². The first-order valence-corrected chi connectivity index (χ1v) is 4.90. The van der Waals surface area contributed by atoms with E-state index in [1.54, 1.807) is 12.1 Å². The van der Waals surface area contributed by atoms with Crippen LogP contribution < -0.4 is 5.32 Å². The molecule has 0 saturated heterocycles. The van der Waals surface area contributed by atoms with Crippen LogP contribution in [0.3, 0.4) is 0 Å². The monoisotopic (exact) mass is 223 g/mol. The number of halogens is 1. The van der Waals surface area contributed by atoms with Crippen LogP contribution in [0.4, 0.5) is 4.39 Å². The first kappa shape index (κ1) is 12.4. The third-order valence-corrected chi connectivity index (χ3v) is 2.27. The van der Waals surface area contributed by atoms with Gasteiger partial charge >= 0.3 is 5.97 Å². The van der Waals surface area contributed by atoms with Crippen LogP contribution in [-0.4, -0.2) is 17.6 Å². The highest BCUT2D eigenvalue weighted by Crippen LogP contribution is 2.13. The van der Waals surface area contributed by atoms with Gasteiger partial charge in [-0.15, -0.1) is 0 Å². The zero-order valence-electron chi connectivity index (χ0n) is 9.03. The van der Waals surface area contributed by atoms with E-state index in [0.29, 0.717) is 0 Å². The normalized spacial score (nSPS) is 12.1. The molecule has 0 bridgehead atoms. The maximum absolute atomic E-state index is 12.9. The van der Waals surface area contributed by atoms with Crippen LogP contribution in [0, 0.1) is 5.82 Å². The van der Waals surface area contributed by atoms with E-state index in [0.717, 1.165) is 5.56 Å². The van der Waals surface area contributed by atoms with Gasteiger partial charge in [0.05, 0.1) is 0 Å². The van der Waals surface area contributed by atoms with Gasteiger partial charge in [-0.3, -0.25) is 0 Å². The number of hydrogen-bond donors (Lipinski definition) is 2. The van der Waals surface area contributed by atoms with Crippen molar-refractivity contribution in [2.75, 3.05) is 6.54 Å². The Kier molecular flexibility index (Phi) is 4.19. The Bertz CT molecular complexity index is 404. The lowest BCUT2D eigenvalue weighted by molar-refractivity contribution is -0.132. The summed E-state index contributed by atoms with van der Waals surface area (Å²) in [5.41, 5.74) is 0.862. The summed E-state index contributed by atoms with van der Waals surface area (Å²) in [6, 6.07) is 6.07. The molecule has 0 aliphatic heterocycles. The minimum absolute atomic E-state index is 0.0863. The van der Waals surface area contributed by atoms with Gasteiger partial charge < -0.3 is 10.4 Å². The lowest BCUT2D eigenvalue weighted by Crippen LogP contribution is -2.23. The van der Waals surface area contributed by atoms with Crippen molar-refractivity contribution in [3.05, 3.63) is 47.8 Å². The van der Waals surface area contributed by atoms with Crippen molar-refractivity contribution in [1.82, 2.24) is 5.32 Å². The largest absolute Gasteiger partial charge is 0.478 e. The molecule has 1 rings (SSSR count). The number of carboxylic acid groups (broad SMARTS) is 1. The molecule has 0 saturated carbocycles. The molecular weight excluding hydrogens is 209 g/mol. The van der Waals surface area contributed by atoms with Crippen molar-refractivity contribution >= 4 is 5.97 Å². The van der Waals surface area contributed by atoms with E-state index in [9.17, 15) is 9.18 Å². The van der Waals surface area contributed by atoms with Gasteiger partial charge in [-0.2, -0.15) is 0 Å². The molecule has 0 aliphatic rings. The molecule has 0 radical (unpaired) electrons. The van der Waals surface area contributed by atoms with Crippen molar-refractivity contribution in [3.8, 4) is 0 Å². The summed E-state index contributed by atoms with van der Waals surface area (Å²) in [4.78, 5) is 10.5. The predicted molar refractivity (Wildman–Crippen MR) is 59.6 cm³/mol. The van der Waals surface area contributed by atoms with Crippen LogP contribution in [0.15, 0.2) is 36.4 Å². The number of carboxylic acids is 1. The van der Waals surface area contributed by atoms with Gasteiger partial charge in [-0.25, -0.2) is 9.18 Å². The zero-order chi connectivity index (χ0) is 12.1. The van der Waals surface area contributed by atoms with E-state index >= 15 is 0 Å². The molecular formula is C12H14FNO2. The van der Waals surface area contributed by atoms with E-state index in [2.05, 4.69) is 11.9 Å². The molecule has 16 heavy (non-hydrogen) atoms. The molecule has 1 aromatic carbocycles. The quantitative estimate of drug-likeness (QED) is 0.752. The van der Waals surface area contributed by atoms with Gasteiger partial charge in [0, 0.05) is 18.2 Å². The van der Waals surface area contributed by atoms with E-state index in [1.807, 2.05) is 6.92 Å². The average Bonchev–Trinajstić information content (AvgIpc) is 2.25. The van der Waals surface area contributed by atoms with Crippen LogP contribution >= 0.6 is 0 Å². The van der Waals surface area contributed by atoms with Crippen molar-refractivity contribution in [1.29, 1.82) is 0 Å². The number of carbonyl (C=O) groups is 1. The Morgan fingerprint density at radius 2 is 2.31 bits per heavy atom. The fraction of sp³-hybridized carbons (Fsp3) is 0.250. The minimum Gasteiger partial charge on any atom is -0.478 e. The third kappa shape index (κ3) is 3.47. The van der Waals surface area contributed by atoms with Gasteiger partial charge in [-0.1, -0.05) is 18.7 Å². The van der Waals surface area contributed by atoms with Crippen LogP contribution in [0.5, 0.6) is 0 Å². The van der Waals surface area contributed by atoms with E-state index in [4.69, 9.17) is 5.11 Å². The molecule has 0 amide bonds. The number of benzene rings is 1. The van der Waals surface area contributed by atoms with Gasteiger partial charge in [0.25, 0.3) is 0 Å². The van der Waals surface area contributed by atoms with Crippen molar-refractivity contribution in [3.63, 3.8) is 0 Å². The average molecular weight is 223 g/mol. The van der Waals surface area contributed by atoms with E-state index in [1.165, 1.54) is 12.1 Å². The molecule has 0 unspecified atom stereocenters. The fourth-order valence-electron chi connectivity index (χ4n) is 1.25. The Morgan fingerprint density at radius 1 is 1.62 bits per heavy atom. The molecule has 0 spiro atoms. The third-order valence-electron chi connectivity index (χ3n) is 2.27. The highest BCUT2D eigenvalue weighted by Gasteiger charge is 2.08. The topological polar surface area (TPSA) is 49.3 Å². The molecule has 4 heteroatoms. The molecule has 0 aromatic heterocycles. The van der Waals surface area contributed by atoms with E-state index in [-0.39, 0.29) is 24.0 Å². The lowest BCUT2D eigenvalue weighted by Gasteiger charge is -2.14. The van der Waals surface area contributed by atoms with Gasteiger partial charge in [-0.05, 0) is 24.6 Å². The number of rotatable bonds is 5. The van der Waals surface area contributed by atoms with Gasteiger partial charge in [0.1, 0.15) is 5.82 Å². The number of hydrogen-bond acceptors (Lipinski definition) is 2. The predicted octanol–water partition coefficient (Wildman–Crippen LogP) is 2.12. The number of nitrogens with one attached hydrogen (secondary N) is 1. The summed E-state index contributed by atoms with van der Waals surface area (Å²) in [7, 11) is 0. The smallest absolute Gasteiger partial charge is 0.332 e. The molecule has 0 heterocycles. The first-order valence-electron chi connectivity index (χ1n) is 4.90. The van der Waals surface area contributed by atoms with Crippen molar-refractivity contribution in [2.24, 2.45) is 0 Å². The standard InChI is InChI=1S/C12H14FNO2/c1-8(12(15)16)7-14-9(2)10-4-3-5-11(13)6-10/h3-6,9,14H,1,7H2,2H3,(H,15,16)/t9-/m1/s1. The Balaban J connectivity index is 2.56.